The number of hydrazine groups is 1. The Morgan fingerprint density at radius 3 is 2.89 bits per heavy atom. The van der Waals surface area contributed by atoms with Gasteiger partial charge in [-0.2, -0.15) is 5.26 Å². The summed E-state index contributed by atoms with van der Waals surface area (Å²) in [5.41, 5.74) is 4.15. The largest absolute Gasteiger partial charge is 0.355 e. The maximum atomic E-state index is 8.80. The van der Waals surface area contributed by atoms with Crippen molar-refractivity contribution in [3.63, 3.8) is 0 Å². The van der Waals surface area contributed by atoms with Crippen LogP contribution in [-0.2, 0) is 6.54 Å². The molecule has 0 spiro atoms. The van der Waals surface area contributed by atoms with Crippen LogP contribution >= 0.6 is 0 Å². The molecule has 1 rings (SSSR count). The molecular formula is C13H19N5. The first-order chi connectivity index (χ1) is 8.65. The fourth-order valence-corrected chi connectivity index (χ4v) is 1.36. The van der Waals surface area contributed by atoms with Crippen molar-refractivity contribution in [3.8, 4) is 6.07 Å². The standard InChI is InChI=1S/C13H19N5/c1-10(2)8-16-13(18-15)17-9-12-5-3-4-11(6-12)7-14/h3-6,10H,8-9,15H2,1-2H3,(H2,16,17,18). The molecular weight excluding hydrogens is 226 g/mol. The van der Waals surface area contributed by atoms with E-state index < -0.39 is 0 Å². The van der Waals surface area contributed by atoms with Crippen molar-refractivity contribution in [1.29, 1.82) is 5.26 Å². The van der Waals surface area contributed by atoms with Crippen LogP contribution in [0.15, 0.2) is 29.3 Å². The Bertz CT molecular complexity index is 445. The van der Waals surface area contributed by atoms with Crippen LogP contribution in [0, 0.1) is 17.2 Å². The van der Waals surface area contributed by atoms with E-state index in [4.69, 9.17) is 11.1 Å². The van der Waals surface area contributed by atoms with Gasteiger partial charge in [0.1, 0.15) is 0 Å². The van der Waals surface area contributed by atoms with Gasteiger partial charge in [0.05, 0.1) is 18.2 Å². The molecule has 0 fully saturated rings. The van der Waals surface area contributed by atoms with E-state index >= 15 is 0 Å². The number of nitrogens with one attached hydrogen (secondary N) is 2. The molecule has 0 aliphatic carbocycles. The second-order valence-corrected chi connectivity index (χ2v) is 4.40. The molecule has 18 heavy (non-hydrogen) atoms. The quantitative estimate of drug-likeness (QED) is 0.321. The molecule has 0 aromatic heterocycles. The monoisotopic (exact) mass is 245 g/mol. The number of aliphatic imine (C=N–C) groups is 1. The third-order valence-electron chi connectivity index (χ3n) is 2.29. The molecule has 96 valence electrons. The highest BCUT2D eigenvalue weighted by Gasteiger charge is 1.99. The summed E-state index contributed by atoms with van der Waals surface area (Å²) in [4.78, 5) is 4.32. The van der Waals surface area contributed by atoms with Gasteiger partial charge in [0, 0.05) is 6.54 Å². The van der Waals surface area contributed by atoms with E-state index in [0.29, 0.717) is 24.0 Å². The van der Waals surface area contributed by atoms with Gasteiger partial charge in [0.25, 0.3) is 0 Å². The lowest BCUT2D eigenvalue weighted by atomic mass is 10.1. The molecule has 0 aliphatic heterocycles. The maximum Gasteiger partial charge on any atom is 0.206 e. The van der Waals surface area contributed by atoms with Gasteiger partial charge in [-0.15, -0.1) is 0 Å². The highest BCUT2D eigenvalue weighted by atomic mass is 15.3. The Labute approximate surface area is 108 Å². The van der Waals surface area contributed by atoms with Crippen LogP contribution in [-0.4, -0.2) is 12.5 Å². The molecule has 1 aromatic rings. The first-order valence-corrected chi connectivity index (χ1v) is 5.89. The van der Waals surface area contributed by atoms with Crippen molar-refractivity contribution in [2.45, 2.75) is 20.4 Å². The predicted octanol–water partition coefficient (Wildman–Crippen LogP) is 1.12. The van der Waals surface area contributed by atoms with Crippen LogP contribution in [0.25, 0.3) is 0 Å². The van der Waals surface area contributed by atoms with Gasteiger partial charge in [-0.1, -0.05) is 26.0 Å². The van der Waals surface area contributed by atoms with Crippen LogP contribution < -0.4 is 16.6 Å². The summed E-state index contributed by atoms with van der Waals surface area (Å²) in [5.74, 6) is 6.46. The number of nitrogens with two attached hydrogens (primary N) is 1. The number of nitriles is 1. The molecule has 0 saturated heterocycles. The molecule has 5 nitrogen and oxygen atoms in total. The van der Waals surface area contributed by atoms with Crippen LogP contribution in [0.2, 0.25) is 0 Å². The van der Waals surface area contributed by atoms with E-state index in [-0.39, 0.29) is 0 Å². The third kappa shape index (κ3) is 4.85. The average Bonchev–Trinajstić information content (AvgIpc) is 2.39. The van der Waals surface area contributed by atoms with Crippen molar-refractivity contribution in [2.24, 2.45) is 16.8 Å². The molecule has 0 unspecified atom stereocenters. The number of nitrogens with zero attached hydrogens (tertiary/aromatic N) is 2. The van der Waals surface area contributed by atoms with E-state index in [1.165, 1.54) is 0 Å². The number of rotatable bonds is 4. The molecule has 0 aliphatic rings. The first kappa shape index (κ1) is 14.0. The van der Waals surface area contributed by atoms with Crippen molar-refractivity contribution in [3.05, 3.63) is 35.4 Å². The summed E-state index contributed by atoms with van der Waals surface area (Å²) in [6.45, 7) is 5.51. The van der Waals surface area contributed by atoms with Crippen LogP contribution in [0.5, 0.6) is 0 Å². The van der Waals surface area contributed by atoms with Crippen molar-refractivity contribution in [2.75, 3.05) is 6.54 Å². The van der Waals surface area contributed by atoms with Gasteiger partial charge >= 0.3 is 0 Å². The normalized spacial score (nSPS) is 11.2. The highest BCUT2D eigenvalue weighted by molar-refractivity contribution is 5.79. The zero-order valence-electron chi connectivity index (χ0n) is 10.8. The van der Waals surface area contributed by atoms with Crippen LogP contribution in [0.1, 0.15) is 25.0 Å². The van der Waals surface area contributed by atoms with E-state index in [1.807, 2.05) is 18.2 Å². The number of hydrogen-bond acceptors (Lipinski definition) is 3. The maximum absolute atomic E-state index is 8.80. The summed E-state index contributed by atoms with van der Waals surface area (Å²) in [5, 5.41) is 11.9. The van der Waals surface area contributed by atoms with Crippen molar-refractivity contribution < 1.29 is 0 Å². The van der Waals surface area contributed by atoms with Gasteiger partial charge in [0.15, 0.2) is 0 Å². The molecule has 1 aromatic carbocycles. The zero-order chi connectivity index (χ0) is 13.4. The molecule has 0 amide bonds. The number of benzene rings is 1. The summed E-state index contributed by atoms with van der Waals surface area (Å²) in [6.07, 6.45) is 0. The molecule has 5 heteroatoms. The Morgan fingerprint density at radius 2 is 2.28 bits per heavy atom. The Kier molecular flexibility index (Phi) is 5.68. The Hall–Kier alpha value is -2.06. The fourth-order valence-electron chi connectivity index (χ4n) is 1.36. The second kappa shape index (κ2) is 7.30. The number of hydrogen-bond donors (Lipinski definition) is 3. The van der Waals surface area contributed by atoms with Gasteiger partial charge in [0.2, 0.25) is 5.96 Å². The third-order valence-corrected chi connectivity index (χ3v) is 2.29. The summed E-state index contributed by atoms with van der Waals surface area (Å²) in [6, 6.07) is 9.47. The highest BCUT2D eigenvalue weighted by Crippen LogP contribution is 2.05. The minimum Gasteiger partial charge on any atom is -0.355 e. The lowest BCUT2D eigenvalue weighted by Gasteiger charge is -2.11. The lowest BCUT2D eigenvalue weighted by molar-refractivity contribution is 0.615. The molecule has 4 N–H and O–H groups in total. The summed E-state index contributed by atoms with van der Waals surface area (Å²) >= 11 is 0. The molecule has 0 atom stereocenters. The molecule has 0 heterocycles. The van der Waals surface area contributed by atoms with E-state index in [9.17, 15) is 0 Å². The minimum absolute atomic E-state index is 0.486. The SMILES string of the molecule is CC(C)CNC(=NCc1cccc(C#N)c1)NN. The van der Waals surface area contributed by atoms with E-state index in [1.54, 1.807) is 6.07 Å². The lowest BCUT2D eigenvalue weighted by Crippen LogP contribution is -2.42. The average molecular weight is 245 g/mol. The first-order valence-electron chi connectivity index (χ1n) is 5.89. The molecule has 0 radical (unpaired) electrons. The van der Waals surface area contributed by atoms with Gasteiger partial charge in [-0.3, -0.25) is 5.43 Å². The van der Waals surface area contributed by atoms with Gasteiger partial charge in [-0.25, -0.2) is 10.8 Å². The Morgan fingerprint density at radius 1 is 1.50 bits per heavy atom. The van der Waals surface area contributed by atoms with E-state index in [0.717, 1.165) is 12.1 Å². The molecule has 0 bridgehead atoms. The Balaban J connectivity index is 2.62. The fraction of sp³-hybridized carbons (Fsp3) is 0.385. The predicted molar refractivity (Wildman–Crippen MR) is 72.5 cm³/mol. The summed E-state index contributed by atoms with van der Waals surface area (Å²) in [7, 11) is 0. The van der Waals surface area contributed by atoms with E-state index in [2.05, 4.69) is 35.7 Å². The topological polar surface area (TPSA) is 86.2 Å². The molecule has 0 saturated carbocycles. The van der Waals surface area contributed by atoms with Crippen LogP contribution in [0.3, 0.4) is 0 Å². The second-order valence-electron chi connectivity index (χ2n) is 4.40. The zero-order valence-corrected chi connectivity index (χ0v) is 10.8. The van der Waals surface area contributed by atoms with Crippen molar-refractivity contribution >= 4 is 5.96 Å². The van der Waals surface area contributed by atoms with Crippen LogP contribution in [0.4, 0.5) is 0 Å². The minimum atomic E-state index is 0.486. The smallest absolute Gasteiger partial charge is 0.206 e. The summed E-state index contributed by atoms with van der Waals surface area (Å²) < 4.78 is 0. The van der Waals surface area contributed by atoms with Crippen molar-refractivity contribution in [1.82, 2.24) is 10.7 Å². The van der Waals surface area contributed by atoms with Gasteiger partial charge < -0.3 is 5.32 Å². The number of guanidine groups is 1. The van der Waals surface area contributed by atoms with Gasteiger partial charge in [-0.05, 0) is 23.6 Å².